The fraction of sp³-hybridized carbons (Fsp3) is 0.0833. The number of rotatable bonds is 3. The van der Waals surface area contributed by atoms with Crippen molar-refractivity contribution in [3.63, 3.8) is 0 Å². The molecule has 0 aliphatic carbocycles. The zero-order valence-electron chi connectivity index (χ0n) is 9.15. The summed E-state index contributed by atoms with van der Waals surface area (Å²) in [7, 11) is -3.10. The molecule has 17 heavy (non-hydrogen) atoms. The molecule has 5 heteroatoms. The molecule has 0 radical (unpaired) electrons. The molecule has 0 atom stereocenters. The van der Waals surface area contributed by atoms with Gasteiger partial charge in [0.1, 0.15) is 5.94 Å². The van der Waals surface area contributed by atoms with Gasteiger partial charge < -0.3 is 5.11 Å². The van der Waals surface area contributed by atoms with Crippen LogP contribution < -0.4 is 5.14 Å². The third kappa shape index (κ3) is 2.58. The molecule has 3 N–H and O–H groups in total. The smallest absolute Gasteiger partial charge is 0.111 e. The maximum Gasteiger partial charge on any atom is 0.111 e. The molecule has 0 unspecified atom stereocenters. The molecule has 0 aliphatic heterocycles. The second-order valence-electron chi connectivity index (χ2n) is 3.70. The van der Waals surface area contributed by atoms with Crippen LogP contribution in [0.15, 0.2) is 53.6 Å². The zero-order chi connectivity index (χ0) is 12.3. The van der Waals surface area contributed by atoms with E-state index in [0.717, 1.165) is 11.3 Å². The van der Waals surface area contributed by atoms with E-state index >= 15 is 0 Å². The Morgan fingerprint density at radius 2 is 1.88 bits per heavy atom. The summed E-state index contributed by atoms with van der Waals surface area (Å²) < 4.78 is 11.7. The molecule has 0 aliphatic rings. The molecule has 1 aromatic carbocycles. The Morgan fingerprint density at radius 1 is 1.18 bits per heavy atom. The molecule has 1 aromatic heterocycles. The van der Waals surface area contributed by atoms with Crippen molar-refractivity contribution in [2.75, 3.05) is 5.94 Å². The van der Waals surface area contributed by atoms with Crippen LogP contribution in [-0.4, -0.2) is 20.2 Å². The minimum Gasteiger partial charge on any atom is -0.384 e. The molecule has 1 heterocycles. The molecule has 2 rings (SSSR count). The summed E-state index contributed by atoms with van der Waals surface area (Å²) in [4.78, 5) is 4.68. The highest BCUT2D eigenvalue weighted by molar-refractivity contribution is 8.00. The van der Waals surface area contributed by atoms with Crippen LogP contribution in [0.1, 0.15) is 0 Å². The Labute approximate surface area is 101 Å². The Balaban J connectivity index is 2.34. The van der Waals surface area contributed by atoms with Crippen molar-refractivity contribution in [3.05, 3.63) is 48.7 Å². The van der Waals surface area contributed by atoms with Gasteiger partial charge in [-0.1, -0.05) is 18.2 Å². The number of nitrogens with zero attached hydrogens (tertiary/aromatic N) is 1. The zero-order valence-corrected chi connectivity index (χ0v) is 10.0. The minimum absolute atomic E-state index is 0.472. The summed E-state index contributed by atoms with van der Waals surface area (Å²) >= 11 is 0. The topological polar surface area (TPSA) is 76.2 Å². The first kappa shape index (κ1) is 11.9. The third-order valence-electron chi connectivity index (χ3n) is 2.48. The summed E-state index contributed by atoms with van der Waals surface area (Å²) in [6.07, 6.45) is 1.71. The summed E-state index contributed by atoms with van der Waals surface area (Å²) in [6, 6.07) is 12.6. The SMILES string of the molecule is N[SH](=O)(CO)c1ccc(-c2ccccn2)cc1. The van der Waals surface area contributed by atoms with Gasteiger partial charge in [0.2, 0.25) is 0 Å². The second kappa shape index (κ2) is 4.75. The summed E-state index contributed by atoms with van der Waals surface area (Å²) in [5.41, 5.74) is 1.77. The number of hydrogen-bond donors (Lipinski definition) is 3. The lowest BCUT2D eigenvalue weighted by Gasteiger charge is -2.15. The molecule has 0 saturated heterocycles. The summed E-state index contributed by atoms with van der Waals surface area (Å²) in [5.74, 6) is -0.518. The largest absolute Gasteiger partial charge is 0.384 e. The van der Waals surface area contributed by atoms with Gasteiger partial charge in [-0.05, 0) is 34.4 Å². The number of hydrogen-bond acceptors (Lipinski definition) is 3. The molecule has 0 amide bonds. The first-order valence-corrected chi connectivity index (χ1v) is 7.10. The van der Waals surface area contributed by atoms with E-state index in [2.05, 4.69) is 4.98 Å². The third-order valence-corrected chi connectivity index (χ3v) is 4.07. The van der Waals surface area contributed by atoms with E-state index in [9.17, 15) is 4.21 Å². The predicted octanol–water partition coefficient (Wildman–Crippen LogP) is 0.948. The summed E-state index contributed by atoms with van der Waals surface area (Å²) in [5, 5.41) is 14.4. The lowest BCUT2D eigenvalue weighted by Crippen LogP contribution is -2.26. The Morgan fingerprint density at radius 3 is 2.41 bits per heavy atom. The molecule has 0 saturated carbocycles. The fourth-order valence-corrected chi connectivity index (χ4v) is 2.32. The van der Waals surface area contributed by atoms with Gasteiger partial charge in [0, 0.05) is 16.7 Å². The molecular formula is C12H14N2O2S. The van der Waals surface area contributed by atoms with Crippen LogP contribution in [0.5, 0.6) is 0 Å². The van der Waals surface area contributed by atoms with Gasteiger partial charge in [-0.2, -0.15) is 0 Å². The second-order valence-corrected chi connectivity index (χ2v) is 6.09. The normalized spacial score (nSPS) is 12.4. The van der Waals surface area contributed by atoms with Crippen molar-refractivity contribution in [1.82, 2.24) is 4.98 Å². The van der Waals surface area contributed by atoms with Crippen molar-refractivity contribution in [1.29, 1.82) is 0 Å². The van der Waals surface area contributed by atoms with Gasteiger partial charge in [-0.15, -0.1) is 0 Å². The van der Waals surface area contributed by atoms with Crippen molar-refractivity contribution in [3.8, 4) is 11.3 Å². The number of nitrogens with two attached hydrogens (primary N) is 1. The maximum absolute atomic E-state index is 11.7. The number of aliphatic hydroxyl groups is 1. The standard InChI is InChI=1S/C12H14N2O2S/c13-17(16,9-15)11-6-4-10(5-7-11)12-3-1-2-8-14-12/h1-8,15,17H,9H2,(H2,13,16). The van der Waals surface area contributed by atoms with Crippen molar-refractivity contribution in [2.24, 2.45) is 5.14 Å². The van der Waals surface area contributed by atoms with Crippen LogP contribution in [0, 0.1) is 0 Å². The first-order valence-electron chi connectivity index (χ1n) is 5.14. The monoisotopic (exact) mass is 250 g/mol. The number of aromatic nitrogens is 1. The number of pyridine rings is 1. The quantitative estimate of drug-likeness (QED) is 0.710. The van der Waals surface area contributed by atoms with E-state index in [1.165, 1.54) is 0 Å². The van der Waals surface area contributed by atoms with Crippen LogP contribution >= 0.6 is 0 Å². The van der Waals surface area contributed by atoms with E-state index in [1.54, 1.807) is 30.5 Å². The lowest BCUT2D eigenvalue weighted by atomic mass is 10.1. The van der Waals surface area contributed by atoms with Gasteiger partial charge in [0.15, 0.2) is 0 Å². The molecule has 90 valence electrons. The average Bonchev–Trinajstić information content (AvgIpc) is 2.40. The van der Waals surface area contributed by atoms with Crippen LogP contribution in [0.2, 0.25) is 0 Å². The van der Waals surface area contributed by atoms with E-state index < -0.39 is 16.1 Å². The Hall–Kier alpha value is -1.56. The maximum atomic E-state index is 11.7. The van der Waals surface area contributed by atoms with E-state index in [1.807, 2.05) is 18.2 Å². The molecule has 2 aromatic rings. The Kier molecular flexibility index (Phi) is 3.33. The van der Waals surface area contributed by atoms with Crippen molar-refractivity contribution in [2.45, 2.75) is 4.90 Å². The van der Waals surface area contributed by atoms with Gasteiger partial charge in [-0.3, -0.25) is 14.3 Å². The predicted molar refractivity (Wildman–Crippen MR) is 68.7 cm³/mol. The van der Waals surface area contributed by atoms with Crippen LogP contribution in [0.25, 0.3) is 11.3 Å². The highest BCUT2D eigenvalue weighted by Crippen LogP contribution is 2.20. The number of aliphatic hydroxyl groups excluding tert-OH is 1. The van der Waals surface area contributed by atoms with Gasteiger partial charge in [0.25, 0.3) is 0 Å². The highest BCUT2D eigenvalue weighted by Gasteiger charge is 2.10. The van der Waals surface area contributed by atoms with Crippen molar-refractivity contribution >= 4 is 10.1 Å². The Bertz CT molecular complexity index is 540. The average molecular weight is 250 g/mol. The van der Waals surface area contributed by atoms with Crippen molar-refractivity contribution < 1.29 is 9.32 Å². The lowest BCUT2D eigenvalue weighted by molar-refractivity contribution is 0.364. The van der Waals surface area contributed by atoms with Crippen LogP contribution in [0.4, 0.5) is 0 Å². The number of thiol groups is 1. The van der Waals surface area contributed by atoms with Gasteiger partial charge in [-0.25, -0.2) is 0 Å². The molecule has 0 spiro atoms. The fourth-order valence-electron chi connectivity index (χ4n) is 1.50. The number of benzene rings is 1. The molecule has 4 nitrogen and oxygen atoms in total. The molecular weight excluding hydrogens is 236 g/mol. The molecule has 0 fully saturated rings. The van der Waals surface area contributed by atoms with E-state index in [-0.39, 0.29) is 0 Å². The van der Waals surface area contributed by atoms with Crippen LogP contribution in [0.3, 0.4) is 0 Å². The highest BCUT2D eigenvalue weighted by atomic mass is 32.3. The van der Waals surface area contributed by atoms with E-state index in [0.29, 0.717) is 4.90 Å². The van der Waals surface area contributed by atoms with Gasteiger partial charge in [0.05, 0.1) is 5.69 Å². The van der Waals surface area contributed by atoms with Gasteiger partial charge >= 0.3 is 0 Å². The first-order chi connectivity index (χ1) is 8.13. The summed E-state index contributed by atoms with van der Waals surface area (Å²) in [6.45, 7) is 0. The van der Waals surface area contributed by atoms with E-state index in [4.69, 9.17) is 10.2 Å². The minimum atomic E-state index is -3.10. The molecule has 0 bridgehead atoms. The van der Waals surface area contributed by atoms with Crippen LogP contribution in [-0.2, 0) is 10.1 Å².